The maximum atomic E-state index is 13.2. The number of anilines is 1. The van der Waals surface area contributed by atoms with E-state index in [1.807, 2.05) is 0 Å². The van der Waals surface area contributed by atoms with E-state index in [1.54, 1.807) is 24.3 Å². The minimum Gasteiger partial charge on any atom is -0.478 e. The lowest BCUT2D eigenvalue weighted by Gasteiger charge is -2.16. The molecule has 0 amide bonds. The number of nitrogens with one attached hydrogen (secondary N) is 2. The fourth-order valence-corrected chi connectivity index (χ4v) is 2.58. The van der Waals surface area contributed by atoms with Crippen molar-refractivity contribution in [2.75, 3.05) is 25.0 Å². The summed E-state index contributed by atoms with van der Waals surface area (Å²) in [5, 5.41) is 21.9. The molecule has 164 valence electrons. The molecule has 0 unspecified atom stereocenters. The third kappa shape index (κ3) is 7.46. The summed E-state index contributed by atoms with van der Waals surface area (Å²) in [4.78, 5) is 27.3. The zero-order chi connectivity index (χ0) is 22.9. The lowest BCUT2D eigenvalue weighted by molar-refractivity contribution is -0.137. The van der Waals surface area contributed by atoms with Crippen molar-refractivity contribution >= 4 is 23.5 Å². The van der Waals surface area contributed by atoms with Gasteiger partial charge in [0.05, 0.1) is 24.3 Å². The summed E-state index contributed by atoms with van der Waals surface area (Å²) in [6.45, 7) is 1.94. The number of carbonyl (C=O) groups is 2. The summed E-state index contributed by atoms with van der Waals surface area (Å²) < 4.78 is 39.6. The van der Waals surface area contributed by atoms with Gasteiger partial charge in [-0.15, -0.1) is 0 Å². The van der Waals surface area contributed by atoms with E-state index < -0.39 is 23.7 Å². The van der Waals surface area contributed by atoms with Crippen molar-refractivity contribution in [2.45, 2.75) is 6.18 Å². The molecule has 8 nitrogen and oxygen atoms in total. The minimum absolute atomic E-state index is 0.0792. The van der Waals surface area contributed by atoms with Gasteiger partial charge in [-0.05, 0) is 18.2 Å². The number of hydrogen-bond donors (Lipinski definition) is 4. The van der Waals surface area contributed by atoms with Crippen LogP contribution in [-0.4, -0.2) is 52.6 Å². The quantitative estimate of drug-likeness (QED) is 0.514. The van der Waals surface area contributed by atoms with Gasteiger partial charge in [-0.25, -0.2) is 9.59 Å². The first kappa shape index (κ1) is 23.4. The molecular formula is C20H19F3N4O4. The van der Waals surface area contributed by atoms with Crippen LogP contribution in [0.3, 0.4) is 0 Å². The van der Waals surface area contributed by atoms with Crippen LogP contribution < -0.4 is 10.6 Å². The van der Waals surface area contributed by atoms with Gasteiger partial charge in [0.1, 0.15) is 5.84 Å². The van der Waals surface area contributed by atoms with Crippen molar-refractivity contribution in [3.05, 3.63) is 60.3 Å². The van der Waals surface area contributed by atoms with Crippen LogP contribution in [0, 0.1) is 0 Å². The molecule has 1 aromatic carbocycles. The van der Waals surface area contributed by atoms with E-state index in [0.29, 0.717) is 29.9 Å². The first-order chi connectivity index (χ1) is 14.7. The monoisotopic (exact) mass is 436 g/mol. The molecule has 4 N–H and O–H groups in total. The van der Waals surface area contributed by atoms with Crippen LogP contribution in [0.25, 0.3) is 11.3 Å². The number of alkyl halides is 3. The van der Waals surface area contributed by atoms with Gasteiger partial charge < -0.3 is 20.8 Å². The molecule has 1 aliphatic heterocycles. The van der Waals surface area contributed by atoms with Crippen LogP contribution in [0.15, 0.2) is 59.7 Å². The largest absolute Gasteiger partial charge is 0.478 e. The van der Waals surface area contributed by atoms with Gasteiger partial charge >= 0.3 is 18.1 Å². The Bertz CT molecular complexity index is 974. The molecule has 0 saturated heterocycles. The fraction of sp³-hybridized carbons (Fsp3) is 0.200. The number of nitrogens with zero attached hydrogens (tertiary/aromatic N) is 2. The molecule has 0 saturated carbocycles. The number of aromatic nitrogens is 1. The van der Waals surface area contributed by atoms with E-state index in [2.05, 4.69) is 20.6 Å². The first-order valence-corrected chi connectivity index (χ1v) is 8.95. The predicted molar refractivity (Wildman–Crippen MR) is 108 cm³/mol. The van der Waals surface area contributed by atoms with E-state index in [-0.39, 0.29) is 5.69 Å². The number of carboxylic acid groups (broad SMARTS) is 2. The molecule has 2 aromatic rings. The normalized spacial score (nSPS) is 13.1. The van der Waals surface area contributed by atoms with E-state index in [1.165, 1.54) is 12.3 Å². The summed E-state index contributed by atoms with van der Waals surface area (Å²) in [5.74, 6) is -1.71. The second-order valence-electron chi connectivity index (χ2n) is 6.06. The number of rotatable bonds is 6. The molecule has 11 heteroatoms. The maximum absolute atomic E-state index is 13.2. The number of benzene rings is 1. The Labute approximate surface area is 175 Å². The van der Waals surface area contributed by atoms with Crippen LogP contribution in [-0.2, 0) is 15.8 Å². The molecule has 1 aromatic heterocycles. The van der Waals surface area contributed by atoms with Crippen molar-refractivity contribution in [2.24, 2.45) is 4.99 Å². The van der Waals surface area contributed by atoms with Crippen molar-refractivity contribution < 1.29 is 33.0 Å². The summed E-state index contributed by atoms with van der Waals surface area (Å²) >= 11 is 0. The predicted octanol–water partition coefficient (Wildman–Crippen LogP) is 2.89. The van der Waals surface area contributed by atoms with Gasteiger partial charge in [-0.2, -0.15) is 13.2 Å². The summed E-state index contributed by atoms with van der Waals surface area (Å²) in [5.41, 5.74) is 0.183. The molecule has 0 atom stereocenters. The van der Waals surface area contributed by atoms with Gasteiger partial charge in [-0.3, -0.25) is 9.98 Å². The average molecular weight is 436 g/mol. The smallest absolute Gasteiger partial charge is 0.418 e. The Morgan fingerprint density at radius 2 is 1.77 bits per heavy atom. The molecular weight excluding hydrogens is 417 g/mol. The van der Waals surface area contributed by atoms with E-state index in [4.69, 9.17) is 10.2 Å². The Hall–Kier alpha value is -3.89. The second kappa shape index (κ2) is 10.8. The third-order valence-electron chi connectivity index (χ3n) is 3.85. The highest BCUT2D eigenvalue weighted by molar-refractivity contribution is 5.90. The van der Waals surface area contributed by atoms with Gasteiger partial charge in [0.2, 0.25) is 0 Å². The van der Waals surface area contributed by atoms with Crippen molar-refractivity contribution in [1.82, 2.24) is 10.3 Å². The number of aliphatic imine (C=N–C) groups is 1. The minimum atomic E-state index is -4.45. The molecule has 31 heavy (non-hydrogen) atoms. The average Bonchev–Trinajstić information content (AvgIpc) is 3.24. The highest BCUT2D eigenvalue weighted by Crippen LogP contribution is 2.38. The molecule has 2 heterocycles. The SMILES string of the molecule is FC(F)(F)c1cccnc1-c1ccccc1NCC1=NCCN1.O=C(O)/C=C/C(=O)O. The molecule has 1 aliphatic rings. The van der Waals surface area contributed by atoms with Gasteiger partial charge in [0, 0.05) is 36.1 Å². The lowest BCUT2D eigenvalue weighted by atomic mass is 10.0. The number of aliphatic carboxylic acids is 2. The van der Waals surface area contributed by atoms with Crippen molar-refractivity contribution in [1.29, 1.82) is 0 Å². The van der Waals surface area contributed by atoms with Gasteiger partial charge in [0.25, 0.3) is 0 Å². The Morgan fingerprint density at radius 1 is 1.10 bits per heavy atom. The number of carboxylic acids is 2. The number of halogens is 3. The topological polar surface area (TPSA) is 124 Å². The highest BCUT2D eigenvalue weighted by Gasteiger charge is 2.34. The molecule has 0 radical (unpaired) electrons. The highest BCUT2D eigenvalue weighted by atomic mass is 19.4. The van der Waals surface area contributed by atoms with Crippen molar-refractivity contribution in [3.8, 4) is 11.3 Å². The molecule has 0 aliphatic carbocycles. The van der Waals surface area contributed by atoms with Crippen LogP contribution in [0.2, 0.25) is 0 Å². The second-order valence-corrected chi connectivity index (χ2v) is 6.06. The lowest BCUT2D eigenvalue weighted by Crippen LogP contribution is -2.26. The number of amidine groups is 1. The Kier molecular flexibility index (Phi) is 8.12. The summed E-state index contributed by atoms with van der Waals surface area (Å²) in [6.07, 6.45) is -1.97. The molecule has 0 bridgehead atoms. The van der Waals surface area contributed by atoms with E-state index in [0.717, 1.165) is 25.0 Å². The van der Waals surface area contributed by atoms with Crippen LogP contribution in [0.1, 0.15) is 5.56 Å². The molecule has 3 rings (SSSR count). The van der Waals surface area contributed by atoms with E-state index >= 15 is 0 Å². The number of hydrogen-bond acceptors (Lipinski definition) is 6. The number of para-hydroxylation sites is 1. The van der Waals surface area contributed by atoms with Crippen LogP contribution in [0.4, 0.5) is 18.9 Å². The summed E-state index contributed by atoms with van der Waals surface area (Å²) in [6, 6.07) is 9.16. The van der Waals surface area contributed by atoms with E-state index in [9.17, 15) is 22.8 Å². The third-order valence-corrected chi connectivity index (χ3v) is 3.85. The molecule has 0 spiro atoms. The zero-order valence-electron chi connectivity index (χ0n) is 16.1. The fourth-order valence-electron chi connectivity index (χ4n) is 2.58. The van der Waals surface area contributed by atoms with Crippen LogP contribution in [0.5, 0.6) is 0 Å². The first-order valence-electron chi connectivity index (χ1n) is 8.95. The number of pyridine rings is 1. The van der Waals surface area contributed by atoms with Crippen LogP contribution >= 0.6 is 0 Å². The maximum Gasteiger partial charge on any atom is 0.418 e. The van der Waals surface area contributed by atoms with Gasteiger partial charge in [0.15, 0.2) is 0 Å². The van der Waals surface area contributed by atoms with Gasteiger partial charge in [-0.1, -0.05) is 18.2 Å². The standard InChI is InChI=1S/C16H15F3N4.C4H4O4/c17-16(18,19)12-5-3-7-22-15(12)11-4-1-2-6-13(11)23-10-14-20-8-9-21-14;5-3(6)1-2-4(7)8/h1-7,23H,8-10H2,(H,20,21);1-2H,(H,5,6)(H,7,8)/b;2-1+. The summed E-state index contributed by atoms with van der Waals surface area (Å²) in [7, 11) is 0. The zero-order valence-corrected chi connectivity index (χ0v) is 16.1. The Morgan fingerprint density at radius 3 is 2.35 bits per heavy atom. The molecule has 0 fully saturated rings. The Balaban J connectivity index is 0.000000366. The van der Waals surface area contributed by atoms with Crippen molar-refractivity contribution in [3.63, 3.8) is 0 Å².